The van der Waals surface area contributed by atoms with Gasteiger partial charge in [-0.3, -0.25) is 4.79 Å². The van der Waals surface area contributed by atoms with E-state index in [-0.39, 0.29) is 23.5 Å². The zero-order chi connectivity index (χ0) is 19.6. The fraction of sp³-hybridized carbons (Fsp3) is 0.222. The molecule has 146 valence electrons. The van der Waals surface area contributed by atoms with Crippen molar-refractivity contribution >= 4 is 21.4 Å². The molecule has 0 aliphatic carbocycles. The molecule has 0 spiro atoms. The summed E-state index contributed by atoms with van der Waals surface area (Å²) in [5, 5.41) is 6.23. The molecule has 0 radical (unpaired) electrons. The van der Waals surface area contributed by atoms with E-state index in [1.165, 1.54) is 34.2 Å². The summed E-state index contributed by atoms with van der Waals surface area (Å²) in [6, 6.07) is 11.3. The number of nitrogens with one attached hydrogen (secondary N) is 1. The van der Waals surface area contributed by atoms with Gasteiger partial charge in [0.25, 0.3) is 5.56 Å². The van der Waals surface area contributed by atoms with Crippen molar-refractivity contribution < 1.29 is 17.9 Å². The van der Waals surface area contributed by atoms with Crippen molar-refractivity contribution in [3.05, 3.63) is 58.2 Å². The van der Waals surface area contributed by atoms with Gasteiger partial charge in [-0.15, -0.1) is 11.3 Å². The smallest absolute Gasteiger partial charge is 0.266 e. The van der Waals surface area contributed by atoms with Gasteiger partial charge in [-0.1, -0.05) is 6.07 Å². The van der Waals surface area contributed by atoms with Crippen molar-refractivity contribution in [1.29, 1.82) is 0 Å². The molecule has 1 aromatic carbocycles. The van der Waals surface area contributed by atoms with Crippen LogP contribution in [0.4, 0.5) is 0 Å². The van der Waals surface area contributed by atoms with Crippen LogP contribution in [0.2, 0.25) is 0 Å². The third kappa shape index (κ3) is 3.93. The molecule has 10 heteroatoms. The van der Waals surface area contributed by atoms with Crippen molar-refractivity contribution in [2.45, 2.75) is 11.4 Å². The maximum atomic E-state index is 12.5. The van der Waals surface area contributed by atoms with Crippen molar-refractivity contribution in [3.63, 3.8) is 0 Å². The number of aromatic nitrogens is 2. The van der Waals surface area contributed by atoms with Gasteiger partial charge < -0.3 is 9.47 Å². The number of rotatable bonds is 6. The third-order valence-corrected chi connectivity index (χ3v) is 6.43. The van der Waals surface area contributed by atoms with Crippen LogP contribution in [-0.2, 0) is 16.6 Å². The molecule has 0 saturated heterocycles. The van der Waals surface area contributed by atoms with Gasteiger partial charge in [0.15, 0.2) is 11.5 Å². The highest BCUT2D eigenvalue weighted by Crippen LogP contribution is 2.32. The number of sulfonamides is 1. The summed E-state index contributed by atoms with van der Waals surface area (Å²) >= 11 is 1.52. The lowest BCUT2D eigenvalue weighted by molar-refractivity contribution is 0.171. The molecule has 0 bridgehead atoms. The summed E-state index contributed by atoms with van der Waals surface area (Å²) in [6.07, 6.45) is 0. The maximum absolute atomic E-state index is 12.5. The topological polar surface area (TPSA) is 99.5 Å². The molecule has 0 fully saturated rings. The number of ether oxygens (including phenoxy) is 2. The molecular weight excluding hydrogens is 402 g/mol. The van der Waals surface area contributed by atoms with E-state index in [1.54, 1.807) is 12.1 Å². The molecular formula is C18H17N3O5S2. The summed E-state index contributed by atoms with van der Waals surface area (Å²) < 4.78 is 39.6. The van der Waals surface area contributed by atoms with E-state index >= 15 is 0 Å². The van der Waals surface area contributed by atoms with Gasteiger partial charge in [-0.05, 0) is 29.6 Å². The Bertz CT molecular complexity index is 1140. The highest BCUT2D eigenvalue weighted by atomic mass is 32.2. The van der Waals surface area contributed by atoms with E-state index < -0.39 is 10.0 Å². The molecule has 1 N–H and O–H groups in total. The average molecular weight is 419 g/mol. The normalized spacial score (nSPS) is 13.4. The van der Waals surface area contributed by atoms with Crippen LogP contribution >= 0.6 is 11.3 Å². The second kappa shape index (κ2) is 7.74. The van der Waals surface area contributed by atoms with Crippen LogP contribution in [0, 0.1) is 0 Å². The fourth-order valence-corrected chi connectivity index (χ4v) is 4.45. The molecule has 0 unspecified atom stereocenters. The lowest BCUT2D eigenvalue weighted by Crippen LogP contribution is -2.32. The molecule has 0 amide bonds. The van der Waals surface area contributed by atoms with Crippen LogP contribution in [0.25, 0.3) is 10.6 Å². The Kier molecular flexibility index (Phi) is 5.16. The first-order chi connectivity index (χ1) is 13.5. The van der Waals surface area contributed by atoms with Gasteiger partial charge in [0.1, 0.15) is 18.9 Å². The van der Waals surface area contributed by atoms with E-state index in [9.17, 15) is 13.2 Å². The van der Waals surface area contributed by atoms with Crippen LogP contribution < -0.4 is 19.8 Å². The number of hydrogen-bond donors (Lipinski definition) is 1. The maximum Gasteiger partial charge on any atom is 0.266 e. The lowest BCUT2D eigenvalue weighted by atomic mass is 10.3. The Hall–Kier alpha value is -2.69. The molecule has 28 heavy (non-hydrogen) atoms. The van der Waals surface area contributed by atoms with E-state index in [4.69, 9.17) is 9.47 Å². The van der Waals surface area contributed by atoms with Gasteiger partial charge in [0.2, 0.25) is 10.0 Å². The quantitative estimate of drug-likeness (QED) is 0.653. The summed E-state index contributed by atoms with van der Waals surface area (Å²) in [4.78, 5) is 13.0. The first-order valence-electron chi connectivity index (χ1n) is 8.54. The SMILES string of the molecule is O=c1ccc(-c2cccs2)nn1CCNS(=O)(=O)c1ccc2c(c1)OCCO2. The van der Waals surface area contributed by atoms with Gasteiger partial charge in [-0.2, -0.15) is 5.10 Å². The van der Waals surface area contributed by atoms with E-state index in [2.05, 4.69) is 9.82 Å². The molecule has 1 aliphatic heterocycles. The Morgan fingerprint density at radius 1 is 1.11 bits per heavy atom. The van der Waals surface area contributed by atoms with E-state index in [0.29, 0.717) is 30.4 Å². The minimum absolute atomic E-state index is 0.0254. The monoisotopic (exact) mass is 419 g/mol. The minimum Gasteiger partial charge on any atom is -0.486 e. The van der Waals surface area contributed by atoms with Gasteiger partial charge >= 0.3 is 0 Å². The van der Waals surface area contributed by atoms with Gasteiger partial charge in [0.05, 0.1) is 16.3 Å². The molecule has 3 aromatic rings. The molecule has 2 aromatic heterocycles. The third-order valence-electron chi connectivity index (χ3n) is 4.08. The number of thiophene rings is 1. The van der Waals surface area contributed by atoms with Crippen molar-refractivity contribution in [1.82, 2.24) is 14.5 Å². The zero-order valence-corrected chi connectivity index (χ0v) is 16.3. The molecule has 1 aliphatic rings. The predicted octanol–water partition coefficient (Wildman–Crippen LogP) is 1.72. The van der Waals surface area contributed by atoms with Crippen molar-refractivity contribution in [2.24, 2.45) is 0 Å². The van der Waals surface area contributed by atoms with Crippen LogP contribution in [0.1, 0.15) is 0 Å². The Morgan fingerprint density at radius 3 is 2.71 bits per heavy atom. The summed E-state index contributed by atoms with van der Waals surface area (Å²) in [5.41, 5.74) is 0.378. The van der Waals surface area contributed by atoms with Crippen molar-refractivity contribution in [2.75, 3.05) is 19.8 Å². The average Bonchev–Trinajstić information content (AvgIpc) is 3.24. The number of nitrogens with zero attached hydrogens (tertiary/aromatic N) is 2. The molecule has 3 heterocycles. The Balaban J connectivity index is 1.46. The van der Waals surface area contributed by atoms with Crippen LogP contribution in [0.15, 0.2) is 57.5 Å². The molecule has 8 nitrogen and oxygen atoms in total. The highest BCUT2D eigenvalue weighted by molar-refractivity contribution is 7.89. The Labute approximate surface area is 165 Å². The molecule has 0 atom stereocenters. The summed E-state index contributed by atoms with van der Waals surface area (Å²) in [5.74, 6) is 0.919. The predicted molar refractivity (Wildman–Crippen MR) is 104 cm³/mol. The number of fused-ring (bicyclic) bond motifs is 1. The highest BCUT2D eigenvalue weighted by Gasteiger charge is 2.19. The second-order valence-corrected chi connectivity index (χ2v) is 8.68. The largest absolute Gasteiger partial charge is 0.486 e. The summed E-state index contributed by atoms with van der Waals surface area (Å²) in [7, 11) is -3.76. The number of hydrogen-bond acceptors (Lipinski definition) is 7. The molecule has 0 saturated carbocycles. The van der Waals surface area contributed by atoms with E-state index in [1.807, 2.05) is 17.5 Å². The summed E-state index contributed by atoms with van der Waals surface area (Å²) in [6.45, 7) is 0.947. The lowest BCUT2D eigenvalue weighted by Gasteiger charge is -2.19. The van der Waals surface area contributed by atoms with Crippen molar-refractivity contribution in [3.8, 4) is 22.1 Å². The van der Waals surface area contributed by atoms with Gasteiger partial charge in [-0.25, -0.2) is 17.8 Å². The van der Waals surface area contributed by atoms with Crippen LogP contribution in [0.3, 0.4) is 0 Å². The first-order valence-corrected chi connectivity index (χ1v) is 10.9. The standard InChI is InChI=1S/C18H17N3O5S2/c22-18-6-4-14(17-2-1-11-27-17)20-21(18)8-7-19-28(23,24)13-3-5-15-16(12-13)26-10-9-25-15/h1-6,11-12,19H,7-10H2. The van der Waals surface area contributed by atoms with Gasteiger partial charge in [0, 0.05) is 18.7 Å². The fourth-order valence-electron chi connectivity index (χ4n) is 2.72. The zero-order valence-electron chi connectivity index (χ0n) is 14.7. The Morgan fingerprint density at radius 2 is 1.93 bits per heavy atom. The van der Waals surface area contributed by atoms with Crippen LogP contribution in [-0.4, -0.2) is 38.0 Å². The second-order valence-electron chi connectivity index (χ2n) is 5.96. The molecule has 4 rings (SSSR count). The minimum atomic E-state index is -3.76. The van der Waals surface area contributed by atoms with E-state index in [0.717, 1.165) is 4.88 Å². The first kappa shape index (κ1) is 18.7. The number of benzene rings is 1. The van der Waals surface area contributed by atoms with Crippen LogP contribution in [0.5, 0.6) is 11.5 Å².